The van der Waals surface area contributed by atoms with Crippen molar-refractivity contribution in [2.75, 3.05) is 5.32 Å². The van der Waals surface area contributed by atoms with Crippen LogP contribution in [0.15, 0.2) is 53.6 Å². The van der Waals surface area contributed by atoms with Crippen LogP contribution in [0.4, 0.5) is 5.69 Å². The number of hydrogen-bond acceptors (Lipinski definition) is 5. The standard InChI is InChI=1S/C23H23N5O3/c1-14-9-15(2)11-19(10-14)31-22-21-26-28(23(30)27(21)8-7-24-22)13-20(29)25-18-6-5-16(3)17(4)12-18/h5-12H,13H2,1-4H3,(H,25,29). The molecule has 0 spiro atoms. The van der Waals surface area contributed by atoms with Crippen LogP contribution in [0.5, 0.6) is 11.6 Å². The lowest BCUT2D eigenvalue weighted by atomic mass is 10.1. The van der Waals surface area contributed by atoms with Crippen molar-refractivity contribution in [1.82, 2.24) is 19.2 Å². The Hall–Kier alpha value is -3.94. The molecule has 0 unspecified atom stereocenters. The number of ether oxygens (including phenoxy) is 1. The molecule has 158 valence electrons. The fourth-order valence-corrected chi connectivity index (χ4v) is 3.36. The Balaban J connectivity index is 1.60. The molecule has 1 amide bonds. The molecule has 4 aromatic rings. The van der Waals surface area contributed by atoms with Gasteiger partial charge >= 0.3 is 5.69 Å². The Labute approximate surface area is 179 Å². The second-order valence-electron chi connectivity index (χ2n) is 7.64. The number of fused-ring (bicyclic) bond motifs is 1. The lowest BCUT2D eigenvalue weighted by Crippen LogP contribution is -2.28. The van der Waals surface area contributed by atoms with E-state index in [0.717, 1.165) is 26.9 Å². The summed E-state index contributed by atoms with van der Waals surface area (Å²) in [4.78, 5) is 29.4. The van der Waals surface area contributed by atoms with Crippen molar-refractivity contribution in [3.05, 3.63) is 81.5 Å². The van der Waals surface area contributed by atoms with Gasteiger partial charge in [-0.3, -0.25) is 4.79 Å². The number of hydrogen-bond donors (Lipinski definition) is 1. The van der Waals surface area contributed by atoms with Gasteiger partial charge in [0.25, 0.3) is 5.88 Å². The number of carbonyl (C=O) groups excluding carboxylic acids is 1. The molecule has 0 saturated carbocycles. The molecule has 0 saturated heterocycles. The van der Waals surface area contributed by atoms with Crippen molar-refractivity contribution >= 4 is 17.2 Å². The monoisotopic (exact) mass is 417 g/mol. The number of amides is 1. The molecule has 8 nitrogen and oxygen atoms in total. The molecule has 4 rings (SSSR count). The van der Waals surface area contributed by atoms with Gasteiger partial charge in [-0.1, -0.05) is 12.1 Å². The molecule has 2 aromatic carbocycles. The van der Waals surface area contributed by atoms with Crippen LogP contribution in [0, 0.1) is 27.7 Å². The molecule has 0 fully saturated rings. The van der Waals surface area contributed by atoms with Gasteiger partial charge in [0.2, 0.25) is 11.6 Å². The summed E-state index contributed by atoms with van der Waals surface area (Å²) in [6.07, 6.45) is 2.96. The smallest absolute Gasteiger partial charge is 0.351 e. The second-order valence-corrected chi connectivity index (χ2v) is 7.64. The quantitative estimate of drug-likeness (QED) is 0.536. The first-order valence-electron chi connectivity index (χ1n) is 9.87. The molecule has 31 heavy (non-hydrogen) atoms. The van der Waals surface area contributed by atoms with Gasteiger partial charge in [0.15, 0.2) is 0 Å². The normalized spacial score (nSPS) is 11.0. The molecule has 0 atom stereocenters. The molecule has 1 N–H and O–H groups in total. The summed E-state index contributed by atoms with van der Waals surface area (Å²) in [5, 5.41) is 7.09. The zero-order valence-corrected chi connectivity index (χ0v) is 17.8. The van der Waals surface area contributed by atoms with Crippen molar-refractivity contribution in [3.8, 4) is 11.6 Å². The Bertz CT molecular complexity index is 1330. The predicted octanol–water partition coefficient (Wildman–Crippen LogP) is 3.56. The Morgan fingerprint density at radius 2 is 1.77 bits per heavy atom. The predicted molar refractivity (Wildman–Crippen MR) is 118 cm³/mol. The van der Waals surface area contributed by atoms with Crippen LogP contribution in [0.1, 0.15) is 22.3 Å². The van der Waals surface area contributed by atoms with Crippen molar-refractivity contribution in [3.63, 3.8) is 0 Å². The summed E-state index contributed by atoms with van der Waals surface area (Å²) in [6, 6.07) is 11.4. The minimum Gasteiger partial charge on any atom is -0.436 e. The lowest BCUT2D eigenvalue weighted by molar-refractivity contribution is -0.117. The SMILES string of the molecule is Cc1cc(C)cc(Oc2nccn3c(=O)n(CC(=O)Nc4ccc(C)c(C)c4)nc23)c1. The van der Waals surface area contributed by atoms with E-state index < -0.39 is 5.69 Å². The number of aryl methyl sites for hydroxylation is 4. The minimum absolute atomic E-state index is 0.193. The van der Waals surface area contributed by atoms with Crippen LogP contribution in [0.2, 0.25) is 0 Å². The van der Waals surface area contributed by atoms with Crippen LogP contribution >= 0.6 is 0 Å². The van der Waals surface area contributed by atoms with Crippen LogP contribution in [-0.2, 0) is 11.3 Å². The third-order valence-corrected chi connectivity index (χ3v) is 4.96. The Kier molecular flexibility index (Phi) is 5.29. The van der Waals surface area contributed by atoms with Gasteiger partial charge < -0.3 is 10.1 Å². The van der Waals surface area contributed by atoms with E-state index in [1.54, 1.807) is 0 Å². The molecular weight excluding hydrogens is 394 g/mol. The molecule has 0 aliphatic carbocycles. The van der Waals surface area contributed by atoms with Crippen LogP contribution in [0.3, 0.4) is 0 Å². The first kappa shape index (κ1) is 20.3. The lowest BCUT2D eigenvalue weighted by Gasteiger charge is -2.07. The summed E-state index contributed by atoms with van der Waals surface area (Å²) in [5.74, 6) is 0.448. The van der Waals surface area contributed by atoms with Crippen molar-refractivity contribution in [2.24, 2.45) is 0 Å². The second kappa shape index (κ2) is 8.06. The Morgan fingerprint density at radius 1 is 1.03 bits per heavy atom. The molecular formula is C23H23N5O3. The van der Waals surface area contributed by atoms with E-state index in [2.05, 4.69) is 15.4 Å². The number of benzene rings is 2. The Morgan fingerprint density at radius 3 is 2.48 bits per heavy atom. The molecule has 0 aliphatic heterocycles. The highest BCUT2D eigenvalue weighted by Crippen LogP contribution is 2.24. The van der Waals surface area contributed by atoms with E-state index in [-0.39, 0.29) is 24.0 Å². The molecule has 2 aromatic heterocycles. The van der Waals surface area contributed by atoms with Crippen molar-refractivity contribution in [1.29, 1.82) is 0 Å². The maximum Gasteiger partial charge on any atom is 0.351 e. The zero-order chi connectivity index (χ0) is 22.1. The highest BCUT2D eigenvalue weighted by atomic mass is 16.5. The minimum atomic E-state index is -0.446. The summed E-state index contributed by atoms with van der Waals surface area (Å²) >= 11 is 0. The number of rotatable bonds is 5. The molecule has 0 bridgehead atoms. The fraction of sp³-hybridized carbons (Fsp3) is 0.217. The highest BCUT2D eigenvalue weighted by Gasteiger charge is 2.16. The average molecular weight is 417 g/mol. The van der Waals surface area contributed by atoms with E-state index in [1.807, 2.05) is 64.1 Å². The van der Waals surface area contributed by atoms with Crippen molar-refractivity contribution in [2.45, 2.75) is 34.2 Å². The van der Waals surface area contributed by atoms with E-state index >= 15 is 0 Å². The van der Waals surface area contributed by atoms with Gasteiger partial charge in [0.1, 0.15) is 12.3 Å². The third-order valence-electron chi connectivity index (χ3n) is 4.96. The van der Waals surface area contributed by atoms with Crippen LogP contribution in [0.25, 0.3) is 5.65 Å². The summed E-state index contributed by atoms with van der Waals surface area (Å²) < 4.78 is 8.31. The van der Waals surface area contributed by atoms with E-state index in [0.29, 0.717) is 11.4 Å². The van der Waals surface area contributed by atoms with Crippen LogP contribution < -0.4 is 15.7 Å². The molecule has 2 heterocycles. The van der Waals surface area contributed by atoms with Gasteiger partial charge in [-0.2, -0.15) is 0 Å². The number of aromatic nitrogens is 4. The summed E-state index contributed by atoms with van der Waals surface area (Å²) in [6.45, 7) is 7.70. The van der Waals surface area contributed by atoms with E-state index in [4.69, 9.17) is 4.74 Å². The zero-order valence-electron chi connectivity index (χ0n) is 17.8. The molecule has 8 heteroatoms. The molecule has 0 aliphatic rings. The van der Waals surface area contributed by atoms with Gasteiger partial charge in [-0.25, -0.2) is 18.9 Å². The topological polar surface area (TPSA) is 90.5 Å². The van der Waals surface area contributed by atoms with Crippen LogP contribution in [-0.4, -0.2) is 25.1 Å². The van der Waals surface area contributed by atoms with Gasteiger partial charge in [0, 0.05) is 18.1 Å². The number of nitrogens with one attached hydrogen (secondary N) is 1. The first-order valence-corrected chi connectivity index (χ1v) is 9.87. The van der Waals surface area contributed by atoms with Gasteiger partial charge in [-0.15, -0.1) is 5.10 Å². The third kappa shape index (κ3) is 4.32. The van der Waals surface area contributed by atoms with E-state index in [9.17, 15) is 9.59 Å². The highest BCUT2D eigenvalue weighted by molar-refractivity contribution is 5.90. The van der Waals surface area contributed by atoms with E-state index in [1.165, 1.54) is 16.8 Å². The first-order chi connectivity index (χ1) is 14.8. The van der Waals surface area contributed by atoms with Gasteiger partial charge in [0.05, 0.1) is 0 Å². The molecule has 0 radical (unpaired) electrons. The summed E-state index contributed by atoms with van der Waals surface area (Å²) in [7, 11) is 0. The largest absolute Gasteiger partial charge is 0.436 e. The van der Waals surface area contributed by atoms with Crippen molar-refractivity contribution < 1.29 is 9.53 Å². The summed E-state index contributed by atoms with van der Waals surface area (Å²) in [5.41, 5.74) is 4.77. The number of nitrogens with zero attached hydrogens (tertiary/aromatic N) is 4. The average Bonchev–Trinajstić information content (AvgIpc) is 3.01. The maximum atomic E-state index is 12.7. The van der Waals surface area contributed by atoms with Gasteiger partial charge in [-0.05, 0) is 74.2 Å². The maximum absolute atomic E-state index is 12.7. The fourth-order valence-electron chi connectivity index (χ4n) is 3.36. The number of carbonyl (C=O) groups is 1. The number of anilines is 1.